The maximum Gasteiger partial charge on any atom is 0.306 e. The first-order chi connectivity index (χ1) is 37.0. The molecule has 0 rings (SSSR count). The summed E-state index contributed by atoms with van der Waals surface area (Å²) < 4.78 is 16.9. The Morgan fingerprint density at radius 3 is 0.773 bits per heavy atom. The minimum Gasteiger partial charge on any atom is -0.462 e. The number of allylic oxidation sites excluding steroid dienone is 6. The lowest BCUT2D eigenvalue weighted by molar-refractivity contribution is -0.167. The van der Waals surface area contributed by atoms with Crippen molar-refractivity contribution in [2.75, 3.05) is 13.2 Å². The molecule has 0 saturated carbocycles. The van der Waals surface area contributed by atoms with Gasteiger partial charge in [0.05, 0.1) is 0 Å². The van der Waals surface area contributed by atoms with Crippen LogP contribution in [0.25, 0.3) is 0 Å². The SMILES string of the molecule is CCCCC/C=C\C/C=C\CCCCCCCCCCCC(=O)OC(COC(=O)CCCCCCCCC)COC(=O)CCCCCCCCCCCCCCCCCCCCC/C=C\CCCCCCCCCC. The molecule has 0 N–H and O–H groups in total. The van der Waals surface area contributed by atoms with Gasteiger partial charge in [-0.05, 0) is 77.0 Å². The summed E-state index contributed by atoms with van der Waals surface area (Å²) >= 11 is 0. The second kappa shape index (κ2) is 64.2. The molecule has 1 atom stereocenters. The van der Waals surface area contributed by atoms with Crippen molar-refractivity contribution in [3.63, 3.8) is 0 Å². The number of carbonyl (C=O) groups is 3. The van der Waals surface area contributed by atoms with Crippen molar-refractivity contribution >= 4 is 17.9 Å². The minimum atomic E-state index is -0.770. The lowest BCUT2D eigenvalue weighted by atomic mass is 10.0. The van der Waals surface area contributed by atoms with Crippen molar-refractivity contribution in [3.8, 4) is 0 Å². The Kier molecular flexibility index (Phi) is 62.1. The Balaban J connectivity index is 4.00. The van der Waals surface area contributed by atoms with Crippen LogP contribution in [0, 0.1) is 0 Å². The van der Waals surface area contributed by atoms with Gasteiger partial charge in [0.1, 0.15) is 13.2 Å². The van der Waals surface area contributed by atoms with E-state index in [-0.39, 0.29) is 31.1 Å². The summed E-state index contributed by atoms with van der Waals surface area (Å²) in [7, 11) is 0. The van der Waals surface area contributed by atoms with Gasteiger partial charge in [-0.2, -0.15) is 0 Å². The van der Waals surface area contributed by atoms with Gasteiger partial charge in [0.2, 0.25) is 0 Å². The van der Waals surface area contributed by atoms with Crippen LogP contribution in [0.15, 0.2) is 36.5 Å². The second-order valence-electron chi connectivity index (χ2n) is 22.7. The van der Waals surface area contributed by atoms with Crippen molar-refractivity contribution in [3.05, 3.63) is 36.5 Å². The second-order valence-corrected chi connectivity index (χ2v) is 22.7. The molecular formula is C69H128O6. The van der Waals surface area contributed by atoms with Crippen LogP contribution in [0.2, 0.25) is 0 Å². The fraction of sp³-hybridized carbons (Fsp3) is 0.870. The highest BCUT2D eigenvalue weighted by molar-refractivity contribution is 5.71. The molecule has 0 aromatic rings. The molecule has 0 bridgehead atoms. The maximum absolute atomic E-state index is 12.8. The summed E-state index contributed by atoms with van der Waals surface area (Å²) in [6.45, 7) is 6.62. The Labute approximate surface area is 467 Å². The van der Waals surface area contributed by atoms with Gasteiger partial charge >= 0.3 is 17.9 Å². The van der Waals surface area contributed by atoms with E-state index in [1.807, 2.05) is 0 Å². The van der Waals surface area contributed by atoms with Gasteiger partial charge in [-0.25, -0.2) is 0 Å². The van der Waals surface area contributed by atoms with Crippen LogP contribution >= 0.6 is 0 Å². The molecule has 0 saturated heterocycles. The van der Waals surface area contributed by atoms with Gasteiger partial charge in [0.15, 0.2) is 6.10 Å². The normalized spacial score (nSPS) is 12.2. The highest BCUT2D eigenvalue weighted by atomic mass is 16.6. The van der Waals surface area contributed by atoms with E-state index in [1.165, 1.54) is 263 Å². The molecule has 75 heavy (non-hydrogen) atoms. The van der Waals surface area contributed by atoms with Crippen molar-refractivity contribution in [1.82, 2.24) is 0 Å². The zero-order chi connectivity index (χ0) is 54.3. The third kappa shape index (κ3) is 62.4. The largest absolute Gasteiger partial charge is 0.462 e. The van der Waals surface area contributed by atoms with E-state index >= 15 is 0 Å². The van der Waals surface area contributed by atoms with Crippen LogP contribution in [0.3, 0.4) is 0 Å². The van der Waals surface area contributed by atoms with Crippen LogP contribution in [0.5, 0.6) is 0 Å². The van der Waals surface area contributed by atoms with Crippen molar-refractivity contribution in [2.45, 2.75) is 374 Å². The smallest absolute Gasteiger partial charge is 0.306 e. The van der Waals surface area contributed by atoms with Gasteiger partial charge in [-0.1, -0.05) is 308 Å². The number of unbranched alkanes of at least 4 members (excludes halogenated alkanes) is 45. The molecular weight excluding hydrogens is 925 g/mol. The third-order valence-electron chi connectivity index (χ3n) is 15.1. The van der Waals surface area contributed by atoms with Gasteiger partial charge < -0.3 is 14.2 Å². The molecule has 6 heteroatoms. The number of hydrogen-bond donors (Lipinski definition) is 0. The van der Waals surface area contributed by atoms with Crippen LogP contribution < -0.4 is 0 Å². The summed E-state index contributed by atoms with van der Waals surface area (Å²) in [5, 5.41) is 0. The van der Waals surface area contributed by atoms with Crippen molar-refractivity contribution in [1.29, 1.82) is 0 Å². The zero-order valence-electron chi connectivity index (χ0n) is 50.6. The van der Waals surface area contributed by atoms with E-state index in [2.05, 4.69) is 57.2 Å². The molecule has 0 aromatic carbocycles. The van der Waals surface area contributed by atoms with E-state index < -0.39 is 6.10 Å². The number of rotatable bonds is 62. The van der Waals surface area contributed by atoms with Crippen LogP contribution in [-0.2, 0) is 28.6 Å². The average molecular weight is 1050 g/mol. The molecule has 440 valence electrons. The molecule has 0 aliphatic rings. The Morgan fingerprint density at radius 1 is 0.267 bits per heavy atom. The summed E-state index contributed by atoms with van der Waals surface area (Å²) in [5.41, 5.74) is 0. The van der Waals surface area contributed by atoms with Gasteiger partial charge in [-0.3, -0.25) is 14.4 Å². The van der Waals surface area contributed by atoms with Gasteiger partial charge in [0.25, 0.3) is 0 Å². The lowest BCUT2D eigenvalue weighted by Crippen LogP contribution is -2.30. The van der Waals surface area contributed by atoms with Gasteiger partial charge in [-0.15, -0.1) is 0 Å². The molecule has 0 fully saturated rings. The molecule has 0 aliphatic heterocycles. The third-order valence-corrected chi connectivity index (χ3v) is 15.1. The van der Waals surface area contributed by atoms with Crippen molar-refractivity contribution < 1.29 is 28.6 Å². The Bertz CT molecular complexity index is 1250. The maximum atomic E-state index is 12.8. The summed E-state index contributed by atoms with van der Waals surface area (Å²) in [4.78, 5) is 38.1. The van der Waals surface area contributed by atoms with Crippen LogP contribution in [0.1, 0.15) is 367 Å². The monoisotopic (exact) mass is 1050 g/mol. The molecule has 6 nitrogen and oxygen atoms in total. The average Bonchev–Trinajstić information content (AvgIpc) is 3.41. The molecule has 0 spiro atoms. The highest BCUT2D eigenvalue weighted by Gasteiger charge is 2.19. The first-order valence-electron chi connectivity index (χ1n) is 33.5. The van der Waals surface area contributed by atoms with E-state index in [4.69, 9.17) is 14.2 Å². The number of hydrogen-bond acceptors (Lipinski definition) is 6. The topological polar surface area (TPSA) is 78.9 Å². The van der Waals surface area contributed by atoms with Crippen LogP contribution in [0.4, 0.5) is 0 Å². The number of ether oxygens (including phenoxy) is 3. The summed E-state index contributed by atoms with van der Waals surface area (Å²) in [5.74, 6) is -0.859. The highest BCUT2D eigenvalue weighted by Crippen LogP contribution is 2.18. The zero-order valence-corrected chi connectivity index (χ0v) is 50.6. The van der Waals surface area contributed by atoms with E-state index in [0.717, 1.165) is 64.2 Å². The summed E-state index contributed by atoms with van der Waals surface area (Å²) in [6, 6.07) is 0. The first kappa shape index (κ1) is 72.6. The van der Waals surface area contributed by atoms with Crippen LogP contribution in [-0.4, -0.2) is 37.2 Å². The molecule has 1 unspecified atom stereocenters. The predicted molar refractivity (Wildman–Crippen MR) is 326 cm³/mol. The lowest BCUT2D eigenvalue weighted by Gasteiger charge is -2.18. The first-order valence-corrected chi connectivity index (χ1v) is 33.5. The van der Waals surface area contributed by atoms with E-state index in [9.17, 15) is 14.4 Å². The minimum absolute atomic E-state index is 0.0693. The Hall–Kier alpha value is -2.37. The molecule has 0 radical (unpaired) electrons. The molecule has 0 aromatic heterocycles. The van der Waals surface area contributed by atoms with Gasteiger partial charge in [0, 0.05) is 19.3 Å². The quantitative estimate of drug-likeness (QED) is 0.0261. The Morgan fingerprint density at radius 2 is 0.480 bits per heavy atom. The number of esters is 3. The summed E-state index contributed by atoms with van der Waals surface area (Å²) in [6.07, 6.45) is 79.1. The molecule has 0 aliphatic carbocycles. The van der Waals surface area contributed by atoms with E-state index in [0.29, 0.717) is 19.3 Å². The molecule has 0 amide bonds. The van der Waals surface area contributed by atoms with E-state index in [1.54, 1.807) is 0 Å². The molecule has 0 heterocycles. The fourth-order valence-electron chi connectivity index (χ4n) is 10.1. The predicted octanol–water partition coefficient (Wildman–Crippen LogP) is 22.8. The number of carbonyl (C=O) groups excluding carboxylic acids is 3. The fourth-order valence-corrected chi connectivity index (χ4v) is 10.1. The van der Waals surface area contributed by atoms with Crippen molar-refractivity contribution in [2.24, 2.45) is 0 Å². The standard InChI is InChI=1S/C69H128O6/c1-4-7-10-13-16-18-20-22-24-26-28-29-30-31-32-33-34-35-36-37-38-39-41-42-44-46-48-50-53-56-59-62-68(71)74-65-66(64-73-67(70)61-58-55-52-15-12-9-6-3)75-69(72)63-60-57-54-51-49-47-45-43-40-27-25-23-21-19-17-14-11-8-5-2/h17,19,23,25-26,28,66H,4-16,18,20-22,24,27,29-65H2,1-3H3/b19-17-,25-23-,28-26-.